The highest BCUT2D eigenvalue weighted by molar-refractivity contribution is 7.89. The van der Waals surface area contributed by atoms with E-state index in [1.54, 1.807) is 24.3 Å². The van der Waals surface area contributed by atoms with Crippen LogP contribution in [-0.2, 0) is 29.6 Å². The summed E-state index contributed by atoms with van der Waals surface area (Å²) in [4.78, 5) is 0.207. The highest BCUT2D eigenvalue weighted by Gasteiger charge is 2.18. The van der Waals surface area contributed by atoms with E-state index in [0.717, 1.165) is 0 Å². The van der Waals surface area contributed by atoms with E-state index in [0.29, 0.717) is 23.3 Å². The largest absolute Gasteiger partial charge is 0.468 e. The quantitative estimate of drug-likeness (QED) is 0.852. The maximum Gasteiger partial charge on any atom is 0.241 e. The van der Waals surface area contributed by atoms with Gasteiger partial charge in [-0.05, 0) is 35.7 Å². The molecule has 108 valence electrons. The molecule has 0 amide bonds. The number of sulfonamides is 1. The van der Waals surface area contributed by atoms with E-state index in [2.05, 4.69) is 4.72 Å². The van der Waals surface area contributed by atoms with Crippen molar-refractivity contribution in [2.24, 2.45) is 0 Å². The van der Waals surface area contributed by atoms with Crippen molar-refractivity contribution in [3.05, 3.63) is 53.5 Å². The van der Waals surface area contributed by atoms with Crippen LogP contribution in [0.5, 0.6) is 0 Å². The fourth-order valence-corrected chi connectivity index (χ4v) is 3.25. The Labute approximate surface area is 118 Å². The fourth-order valence-electron chi connectivity index (χ4n) is 1.90. The first-order valence-corrected chi connectivity index (χ1v) is 7.80. The molecule has 2 N–H and O–H groups in total. The van der Waals surface area contributed by atoms with Crippen LogP contribution in [0, 0.1) is 0 Å². The summed E-state index contributed by atoms with van der Waals surface area (Å²) in [5, 5.41) is 9.14. The van der Waals surface area contributed by atoms with Crippen molar-refractivity contribution in [3.63, 3.8) is 0 Å². The molecule has 6 heteroatoms. The standard InChI is InChI=1S/C14H17NO4S/c1-2-12-6-5-11(10-16)8-14(12)20(17,18)15-9-13-4-3-7-19-13/h3-8,15-16H,2,9-10H2,1H3. The van der Waals surface area contributed by atoms with Gasteiger partial charge in [-0.25, -0.2) is 13.1 Å². The number of nitrogens with one attached hydrogen (secondary N) is 1. The smallest absolute Gasteiger partial charge is 0.241 e. The number of furan rings is 1. The van der Waals surface area contributed by atoms with Crippen molar-refractivity contribution in [3.8, 4) is 0 Å². The molecule has 2 aromatic rings. The third-order valence-corrected chi connectivity index (χ3v) is 4.48. The molecule has 1 aromatic heterocycles. The zero-order valence-electron chi connectivity index (χ0n) is 11.2. The topological polar surface area (TPSA) is 79.5 Å². The Morgan fingerprint density at radius 2 is 2.10 bits per heavy atom. The first kappa shape index (κ1) is 14.8. The van der Waals surface area contributed by atoms with Crippen molar-refractivity contribution < 1.29 is 17.9 Å². The molecule has 0 aliphatic carbocycles. The molecule has 0 atom stereocenters. The first-order valence-electron chi connectivity index (χ1n) is 6.31. The van der Waals surface area contributed by atoms with Crippen LogP contribution in [0.4, 0.5) is 0 Å². The molecule has 0 aliphatic rings. The minimum Gasteiger partial charge on any atom is -0.468 e. The highest BCUT2D eigenvalue weighted by Crippen LogP contribution is 2.19. The SMILES string of the molecule is CCc1ccc(CO)cc1S(=O)(=O)NCc1ccco1. The van der Waals surface area contributed by atoms with Crippen LogP contribution in [0.15, 0.2) is 45.9 Å². The molecule has 0 saturated heterocycles. The summed E-state index contributed by atoms with van der Waals surface area (Å²) in [5.41, 5.74) is 1.29. The third kappa shape index (κ3) is 3.27. The van der Waals surface area contributed by atoms with Gasteiger partial charge in [0.2, 0.25) is 10.0 Å². The van der Waals surface area contributed by atoms with Crippen LogP contribution in [0.25, 0.3) is 0 Å². The van der Waals surface area contributed by atoms with E-state index in [9.17, 15) is 8.42 Å². The average Bonchev–Trinajstić information content (AvgIpc) is 2.98. The number of hydrogen-bond acceptors (Lipinski definition) is 4. The van der Waals surface area contributed by atoms with Gasteiger partial charge in [0.15, 0.2) is 0 Å². The van der Waals surface area contributed by atoms with Crippen LogP contribution in [0.3, 0.4) is 0 Å². The Morgan fingerprint density at radius 3 is 2.70 bits per heavy atom. The molecule has 0 saturated carbocycles. The lowest BCUT2D eigenvalue weighted by Crippen LogP contribution is -2.24. The molecule has 0 fully saturated rings. The first-order chi connectivity index (χ1) is 9.56. The number of hydrogen-bond donors (Lipinski definition) is 2. The summed E-state index contributed by atoms with van der Waals surface area (Å²) in [7, 11) is -3.63. The van der Waals surface area contributed by atoms with Crippen molar-refractivity contribution >= 4 is 10.0 Å². The van der Waals surface area contributed by atoms with Gasteiger partial charge in [0.25, 0.3) is 0 Å². The van der Waals surface area contributed by atoms with E-state index in [-0.39, 0.29) is 18.0 Å². The maximum absolute atomic E-state index is 12.3. The second-order valence-corrected chi connectivity index (χ2v) is 6.09. The monoisotopic (exact) mass is 295 g/mol. The van der Waals surface area contributed by atoms with E-state index in [1.807, 2.05) is 6.92 Å². The summed E-state index contributed by atoms with van der Waals surface area (Å²) < 4.78 is 32.3. The Kier molecular flexibility index (Phi) is 4.59. The summed E-state index contributed by atoms with van der Waals surface area (Å²) in [5.74, 6) is 0.546. The predicted molar refractivity (Wildman–Crippen MR) is 74.5 cm³/mol. The van der Waals surface area contributed by atoms with Gasteiger partial charge in [-0.3, -0.25) is 0 Å². The summed E-state index contributed by atoms with van der Waals surface area (Å²) in [6.07, 6.45) is 2.09. The molecule has 1 aromatic carbocycles. The Morgan fingerprint density at radius 1 is 1.30 bits per heavy atom. The van der Waals surface area contributed by atoms with E-state index in [1.165, 1.54) is 12.3 Å². The third-order valence-electron chi connectivity index (χ3n) is 3.00. The van der Waals surface area contributed by atoms with Crippen LogP contribution in [-0.4, -0.2) is 13.5 Å². The molecule has 0 bridgehead atoms. The van der Waals surface area contributed by atoms with Gasteiger partial charge in [0.1, 0.15) is 5.76 Å². The van der Waals surface area contributed by atoms with E-state index < -0.39 is 10.0 Å². The number of benzene rings is 1. The van der Waals surface area contributed by atoms with Gasteiger partial charge in [-0.15, -0.1) is 0 Å². The minimum atomic E-state index is -3.63. The zero-order valence-corrected chi connectivity index (χ0v) is 12.0. The van der Waals surface area contributed by atoms with Crippen molar-refractivity contribution in [2.75, 3.05) is 0 Å². The molecule has 1 heterocycles. The number of aliphatic hydroxyl groups is 1. The normalized spacial score (nSPS) is 11.7. The van der Waals surface area contributed by atoms with Gasteiger partial charge in [-0.2, -0.15) is 0 Å². The van der Waals surface area contributed by atoms with Crippen LogP contribution < -0.4 is 4.72 Å². The van der Waals surface area contributed by atoms with Crippen LogP contribution >= 0.6 is 0 Å². The van der Waals surface area contributed by atoms with E-state index >= 15 is 0 Å². The lowest BCUT2D eigenvalue weighted by molar-refractivity contribution is 0.281. The zero-order chi connectivity index (χ0) is 14.6. The van der Waals surface area contributed by atoms with Crippen LogP contribution in [0.2, 0.25) is 0 Å². The molecule has 20 heavy (non-hydrogen) atoms. The predicted octanol–water partition coefficient (Wildman–Crippen LogP) is 1.81. The lowest BCUT2D eigenvalue weighted by Gasteiger charge is -2.11. The average molecular weight is 295 g/mol. The van der Waals surface area contributed by atoms with Gasteiger partial charge in [0, 0.05) is 0 Å². The van der Waals surface area contributed by atoms with Gasteiger partial charge < -0.3 is 9.52 Å². The molecule has 5 nitrogen and oxygen atoms in total. The molecule has 0 spiro atoms. The molecular weight excluding hydrogens is 278 g/mol. The second kappa shape index (κ2) is 6.21. The van der Waals surface area contributed by atoms with E-state index in [4.69, 9.17) is 9.52 Å². The molecule has 0 aliphatic heterocycles. The lowest BCUT2D eigenvalue weighted by atomic mass is 10.1. The molecule has 0 radical (unpaired) electrons. The molecule has 0 unspecified atom stereocenters. The number of aryl methyl sites for hydroxylation is 1. The highest BCUT2D eigenvalue weighted by atomic mass is 32.2. The minimum absolute atomic E-state index is 0.0990. The molecular formula is C14H17NO4S. The number of rotatable bonds is 6. The fraction of sp³-hybridized carbons (Fsp3) is 0.286. The Hall–Kier alpha value is -1.63. The molecule has 2 rings (SSSR count). The number of aliphatic hydroxyl groups excluding tert-OH is 1. The Bertz CT molecular complexity index is 662. The maximum atomic E-state index is 12.3. The summed E-state index contributed by atoms with van der Waals surface area (Å²) in [6.45, 7) is 1.80. The summed E-state index contributed by atoms with van der Waals surface area (Å²) in [6, 6.07) is 8.36. The Balaban J connectivity index is 2.28. The van der Waals surface area contributed by atoms with Crippen molar-refractivity contribution in [1.82, 2.24) is 4.72 Å². The van der Waals surface area contributed by atoms with Gasteiger partial charge >= 0.3 is 0 Å². The van der Waals surface area contributed by atoms with Crippen molar-refractivity contribution in [2.45, 2.75) is 31.4 Å². The van der Waals surface area contributed by atoms with Gasteiger partial charge in [0.05, 0.1) is 24.3 Å². The van der Waals surface area contributed by atoms with Gasteiger partial charge in [-0.1, -0.05) is 19.1 Å². The summed E-state index contributed by atoms with van der Waals surface area (Å²) >= 11 is 0. The second-order valence-electron chi connectivity index (χ2n) is 4.36. The van der Waals surface area contributed by atoms with Crippen LogP contribution in [0.1, 0.15) is 23.8 Å². The van der Waals surface area contributed by atoms with Crippen molar-refractivity contribution in [1.29, 1.82) is 0 Å².